The van der Waals surface area contributed by atoms with Gasteiger partial charge in [-0.2, -0.15) is 0 Å². The molecule has 3 aromatic rings. The van der Waals surface area contributed by atoms with Crippen LogP contribution in [0.15, 0.2) is 93.8 Å². The molecule has 222 valence electrons. The van der Waals surface area contributed by atoms with Crippen LogP contribution in [0.5, 0.6) is 5.75 Å². The molecule has 0 unspecified atom stereocenters. The third kappa shape index (κ3) is 6.33. The monoisotopic (exact) mass is 586 g/mol. The lowest BCUT2D eigenvalue weighted by Crippen LogP contribution is -2.42. The van der Waals surface area contributed by atoms with Gasteiger partial charge < -0.3 is 30.4 Å². The SMILES string of the molecule is CCn1cc(C(=O)Nc2ccc(OC3=CC(N4CCOCC4)=CN/C3=C\C=N)c(C)c2)c(=O)n(-c2ccc(F)cc2)c1=O. The number of aryl methyl sites for hydroxylation is 2. The van der Waals surface area contributed by atoms with E-state index < -0.39 is 23.0 Å². The smallest absolute Gasteiger partial charge is 0.335 e. The molecule has 0 saturated carbocycles. The summed E-state index contributed by atoms with van der Waals surface area (Å²) < 4.78 is 27.3. The summed E-state index contributed by atoms with van der Waals surface area (Å²) >= 11 is 0. The molecule has 1 saturated heterocycles. The van der Waals surface area contributed by atoms with Crippen LogP contribution in [-0.4, -0.2) is 52.5 Å². The van der Waals surface area contributed by atoms with Crippen molar-refractivity contribution in [3.63, 3.8) is 0 Å². The zero-order valence-corrected chi connectivity index (χ0v) is 23.7. The van der Waals surface area contributed by atoms with Crippen LogP contribution in [0.25, 0.3) is 5.69 Å². The van der Waals surface area contributed by atoms with Gasteiger partial charge in [-0.05, 0) is 68.0 Å². The number of hydrogen-bond donors (Lipinski definition) is 3. The molecule has 2 aliphatic heterocycles. The molecule has 43 heavy (non-hydrogen) atoms. The van der Waals surface area contributed by atoms with E-state index in [1.54, 1.807) is 31.2 Å². The Hall–Kier alpha value is -5.23. The number of carbonyl (C=O) groups excluding carboxylic acids is 1. The first-order chi connectivity index (χ1) is 20.8. The van der Waals surface area contributed by atoms with E-state index in [4.69, 9.17) is 14.9 Å². The summed E-state index contributed by atoms with van der Waals surface area (Å²) in [7, 11) is 0. The van der Waals surface area contributed by atoms with Gasteiger partial charge >= 0.3 is 5.69 Å². The highest BCUT2D eigenvalue weighted by Gasteiger charge is 2.21. The first-order valence-corrected chi connectivity index (χ1v) is 13.7. The molecule has 0 atom stereocenters. The Labute approximate surface area is 246 Å². The summed E-state index contributed by atoms with van der Waals surface area (Å²) in [5, 5.41) is 13.4. The average molecular weight is 587 g/mol. The van der Waals surface area contributed by atoms with Gasteiger partial charge in [0, 0.05) is 50.0 Å². The molecular weight excluding hydrogens is 555 g/mol. The maximum absolute atomic E-state index is 13.5. The summed E-state index contributed by atoms with van der Waals surface area (Å²) in [5.41, 5.74) is 1.12. The van der Waals surface area contributed by atoms with Crippen LogP contribution in [0.2, 0.25) is 0 Å². The number of allylic oxidation sites excluding steroid dienone is 2. The number of nitrogens with zero attached hydrogens (tertiary/aromatic N) is 3. The van der Waals surface area contributed by atoms with E-state index in [1.807, 2.05) is 19.2 Å². The predicted molar refractivity (Wildman–Crippen MR) is 160 cm³/mol. The zero-order chi connectivity index (χ0) is 30.5. The minimum atomic E-state index is -0.818. The molecule has 1 fully saturated rings. The summed E-state index contributed by atoms with van der Waals surface area (Å²) in [5.74, 6) is -0.165. The number of benzene rings is 2. The van der Waals surface area contributed by atoms with Crippen molar-refractivity contribution in [3.05, 3.63) is 122 Å². The van der Waals surface area contributed by atoms with Gasteiger partial charge in [0.2, 0.25) is 0 Å². The minimum Gasteiger partial charge on any atom is -0.455 e. The van der Waals surface area contributed by atoms with Gasteiger partial charge in [-0.3, -0.25) is 14.2 Å². The zero-order valence-electron chi connectivity index (χ0n) is 23.7. The van der Waals surface area contributed by atoms with E-state index in [0.29, 0.717) is 41.7 Å². The van der Waals surface area contributed by atoms with E-state index in [9.17, 15) is 18.8 Å². The van der Waals surface area contributed by atoms with Crippen LogP contribution in [0.4, 0.5) is 10.1 Å². The minimum absolute atomic E-state index is 0.153. The lowest BCUT2D eigenvalue weighted by Gasteiger charge is -2.32. The molecule has 11 nitrogen and oxygen atoms in total. The van der Waals surface area contributed by atoms with Crippen molar-refractivity contribution in [2.75, 3.05) is 31.6 Å². The summed E-state index contributed by atoms with van der Waals surface area (Å²) in [6.07, 6.45) is 7.76. The molecule has 5 rings (SSSR count). The van der Waals surface area contributed by atoms with Crippen molar-refractivity contribution >= 4 is 17.8 Å². The molecule has 0 spiro atoms. The number of morpholine rings is 1. The van der Waals surface area contributed by atoms with Crippen LogP contribution >= 0.6 is 0 Å². The number of rotatable bonds is 8. The Bertz CT molecular complexity index is 1760. The quantitative estimate of drug-likeness (QED) is 0.346. The van der Waals surface area contributed by atoms with Crippen LogP contribution in [-0.2, 0) is 11.3 Å². The van der Waals surface area contributed by atoms with Crippen molar-refractivity contribution in [3.8, 4) is 11.4 Å². The predicted octanol–water partition coefficient (Wildman–Crippen LogP) is 3.29. The molecule has 1 aromatic heterocycles. The fourth-order valence-electron chi connectivity index (χ4n) is 4.74. The van der Waals surface area contributed by atoms with Crippen molar-refractivity contribution in [2.45, 2.75) is 20.4 Å². The molecular formula is C31H31FN6O5. The standard InChI is InChI=1S/C31H31FN6O5/c1-3-36-19-25(30(40)38(31(36)41)23-7-4-21(32)5-8-23)29(39)35-22-6-9-27(20(2)16-22)43-28-17-24(18-34-26(28)10-11-33)37-12-14-42-15-13-37/h4-11,16-19,33-34H,3,12-15H2,1-2H3,(H,35,39)/b26-10-,33-11?. The molecule has 12 heteroatoms. The Morgan fingerprint density at radius 2 is 1.91 bits per heavy atom. The molecule has 2 aromatic carbocycles. The third-order valence-corrected chi connectivity index (χ3v) is 7.02. The highest BCUT2D eigenvalue weighted by molar-refractivity contribution is 6.04. The summed E-state index contributed by atoms with van der Waals surface area (Å²) in [6, 6.07) is 9.94. The second-order valence-corrected chi connectivity index (χ2v) is 9.83. The van der Waals surface area contributed by atoms with Gasteiger partial charge in [0.15, 0.2) is 5.76 Å². The molecule has 2 aliphatic rings. The van der Waals surface area contributed by atoms with E-state index >= 15 is 0 Å². The summed E-state index contributed by atoms with van der Waals surface area (Å²) in [6.45, 7) is 6.52. The van der Waals surface area contributed by atoms with Crippen molar-refractivity contribution in [1.82, 2.24) is 19.4 Å². The molecule has 0 aliphatic carbocycles. The Morgan fingerprint density at radius 1 is 1.16 bits per heavy atom. The van der Waals surface area contributed by atoms with Gasteiger partial charge in [-0.15, -0.1) is 0 Å². The number of amides is 1. The molecule has 0 radical (unpaired) electrons. The first kappa shape index (κ1) is 29.3. The second-order valence-electron chi connectivity index (χ2n) is 9.83. The fourth-order valence-corrected chi connectivity index (χ4v) is 4.74. The van der Waals surface area contributed by atoms with Crippen molar-refractivity contribution < 1.29 is 18.7 Å². The number of dihydropyridines is 1. The Morgan fingerprint density at radius 3 is 2.58 bits per heavy atom. The van der Waals surface area contributed by atoms with E-state index in [2.05, 4.69) is 15.5 Å². The number of halogens is 1. The number of carbonyl (C=O) groups is 1. The van der Waals surface area contributed by atoms with E-state index in [1.165, 1.54) is 29.1 Å². The highest BCUT2D eigenvalue weighted by atomic mass is 19.1. The van der Waals surface area contributed by atoms with E-state index in [-0.39, 0.29) is 17.8 Å². The highest BCUT2D eigenvalue weighted by Crippen LogP contribution is 2.28. The largest absolute Gasteiger partial charge is 0.455 e. The number of hydrogen-bond acceptors (Lipinski definition) is 8. The topological polar surface area (TPSA) is 131 Å². The number of nitrogens with one attached hydrogen (secondary N) is 3. The second kappa shape index (κ2) is 12.7. The van der Waals surface area contributed by atoms with Crippen LogP contribution in [0.3, 0.4) is 0 Å². The molecule has 0 bridgehead atoms. The van der Waals surface area contributed by atoms with Gasteiger partial charge in [-0.25, -0.2) is 13.8 Å². The van der Waals surface area contributed by atoms with Gasteiger partial charge in [-0.1, -0.05) is 0 Å². The molecule has 3 N–H and O–H groups in total. The van der Waals surface area contributed by atoms with Gasteiger partial charge in [0.05, 0.1) is 30.3 Å². The molecule has 1 amide bonds. The van der Waals surface area contributed by atoms with Crippen LogP contribution < -0.4 is 26.6 Å². The number of aromatic nitrogens is 2. The van der Waals surface area contributed by atoms with Crippen LogP contribution in [0, 0.1) is 18.2 Å². The molecule has 3 heterocycles. The number of anilines is 1. The lowest BCUT2D eigenvalue weighted by atomic mass is 10.1. The first-order valence-electron chi connectivity index (χ1n) is 13.7. The normalized spacial score (nSPS) is 15.8. The Kier molecular flexibility index (Phi) is 8.67. The lowest BCUT2D eigenvalue weighted by molar-refractivity contribution is 0.0549. The van der Waals surface area contributed by atoms with Crippen molar-refractivity contribution in [1.29, 1.82) is 5.41 Å². The fraction of sp³-hybridized carbons (Fsp3) is 0.226. The maximum Gasteiger partial charge on any atom is 0.335 e. The summed E-state index contributed by atoms with van der Waals surface area (Å²) in [4.78, 5) is 41.6. The van der Waals surface area contributed by atoms with Crippen molar-refractivity contribution in [2.24, 2.45) is 0 Å². The average Bonchev–Trinajstić information content (AvgIpc) is 3.01. The Balaban J connectivity index is 1.39. The van der Waals surface area contributed by atoms with E-state index in [0.717, 1.165) is 35.5 Å². The van der Waals surface area contributed by atoms with Gasteiger partial charge in [0.25, 0.3) is 11.5 Å². The van der Waals surface area contributed by atoms with Gasteiger partial charge in [0.1, 0.15) is 17.1 Å². The maximum atomic E-state index is 13.5. The van der Waals surface area contributed by atoms with Crippen LogP contribution in [0.1, 0.15) is 22.8 Å². The third-order valence-electron chi connectivity index (χ3n) is 7.02. The number of ether oxygens (including phenoxy) is 2.